The highest BCUT2D eigenvalue weighted by molar-refractivity contribution is 7.12. The molecule has 0 aliphatic heterocycles. The standard InChI is InChI=1S/C22H21N3O3S/c1-15-8-10-17(11-9-15)23-20(26)14-25(2)22(28)16-5-3-6-18(13-16)24-21(27)19-7-4-12-29-19/h3-13H,14H2,1-2H3,(H,23,26)(H,24,27). The summed E-state index contributed by atoms with van der Waals surface area (Å²) in [4.78, 5) is 39.0. The SMILES string of the molecule is Cc1ccc(NC(=O)CN(C)C(=O)c2cccc(NC(=O)c3cccs3)c2)cc1. The normalized spacial score (nSPS) is 10.3. The maximum Gasteiger partial charge on any atom is 0.265 e. The molecule has 0 bridgehead atoms. The number of anilines is 2. The summed E-state index contributed by atoms with van der Waals surface area (Å²) < 4.78 is 0. The van der Waals surface area contributed by atoms with Crippen LogP contribution in [0.4, 0.5) is 11.4 Å². The van der Waals surface area contributed by atoms with Gasteiger partial charge in [-0.15, -0.1) is 11.3 Å². The van der Waals surface area contributed by atoms with Crippen molar-refractivity contribution in [1.29, 1.82) is 0 Å². The molecule has 3 rings (SSSR count). The largest absolute Gasteiger partial charge is 0.332 e. The maximum atomic E-state index is 12.7. The van der Waals surface area contributed by atoms with Gasteiger partial charge in [0.15, 0.2) is 0 Å². The Morgan fingerprint density at radius 3 is 2.38 bits per heavy atom. The van der Waals surface area contributed by atoms with E-state index in [1.165, 1.54) is 16.2 Å². The Balaban J connectivity index is 1.60. The molecule has 2 N–H and O–H groups in total. The van der Waals surface area contributed by atoms with E-state index in [1.807, 2.05) is 36.6 Å². The summed E-state index contributed by atoms with van der Waals surface area (Å²) in [6.45, 7) is 1.88. The van der Waals surface area contributed by atoms with E-state index in [-0.39, 0.29) is 24.3 Å². The predicted molar refractivity (Wildman–Crippen MR) is 115 cm³/mol. The second kappa shape index (κ2) is 9.16. The van der Waals surface area contributed by atoms with E-state index in [0.717, 1.165) is 5.56 Å². The van der Waals surface area contributed by atoms with Gasteiger partial charge >= 0.3 is 0 Å². The molecule has 0 spiro atoms. The minimum atomic E-state index is -0.309. The number of thiophene rings is 1. The molecular formula is C22H21N3O3S. The summed E-state index contributed by atoms with van der Waals surface area (Å²) in [6.07, 6.45) is 0. The van der Waals surface area contributed by atoms with Crippen molar-refractivity contribution in [3.63, 3.8) is 0 Å². The molecule has 0 aliphatic rings. The Morgan fingerprint density at radius 1 is 0.931 bits per heavy atom. The Hall–Kier alpha value is -3.45. The zero-order valence-electron chi connectivity index (χ0n) is 16.1. The van der Waals surface area contributed by atoms with E-state index in [1.54, 1.807) is 43.4 Å². The van der Waals surface area contributed by atoms with Crippen LogP contribution in [0.3, 0.4) is 0 Å². The third-order valence-corrected chi connectivity index (χ3v) is 5.04. The summed E-state index contributed by atoms with van der Waals surface area (Å²) in [5, 5.41) is 7.37. The fourth-order valence-corrected chi connectivity index (χ4v) is 3.29. The lowest BCUT2D eigenvalue weighted by Crippen LogP contribution is -2.35. The van der Waals surface area contributed by atoms with Crippen molar-refractivity contribution in [2.75, 3.05) is 24.2 Å². The maximum absolute atomic E-state index is 12.7. The van der Waals surface area contributed by atoms with Crippen molar-refractivity contribution in [3.8, 4) is 0 Å². The van der Waals surface area contributed by atoms with Gasteiger partial charge in [0.25, 0.3) is 11.8 Å². The van der Waals surface area contributed by atoms with Crippen molar-refractivity contribution >= 4 is 40.4 Å². The molecule has 6 nitrogen and oxygen atoms in total. The average Bonchev–Trinajstić information content (AvgIpc) is 3.24. The number of aryl methyl sites for hydroxylation is 1. The number of nitrogens with zero attached hydrogens (tertiary/aromatic N) is 1. The molecule has 0 aliphatic carbocycles. The number of carbonyl (C=O) groups is 3. The summed E-state index contributed by atoms with van der Waals surface area (Å²) in [5.74, 6) is -0.821. The molecule has 0 saturated heterocycles. The Morgan fingerprint density at radius 2 is 1.69 bits per heavy atom. The van der Waals surface area contributed by atoms with Crippen LogP contribution in [-0.4, -0.2) is 36.2 Å². The summed E-state index contributed by atoms with van der Waals surface area (Å²) in [5.41, 5.74) is 2.69. The lowest BCUT2D eigenvalue weighted by atomic mass is 10.1. The molecule has 0 unspecified atom stereocenters. The van der Waals surface area contributed by atoms with Crippen molar-refractivity contribution in [3.05, 3.63) is 82.0 Å². The van der Waals surface area contributed by atoms with Gasteiger partial charge in [-0.25, -0.2) is 0 Å². The van der Waals surface area contributed by atoms with Crippen LogP contribution in [0, 0.1) is 6.92 Å². The topological polar surface area (TPSA) is 78.5 Å². The van der Waals surface area contributed by atoms with E-state index in [9.17, 15) is 14.4 Å². The molecule has 0 atom stereocenters. The molecule has 0 fully saturated rings. The second-order valence-corrected chi connectivity index (χ2v) is 7.54. The fraction of sp³-hybridized carbons (Fsp3) is 0.136. The minimum absolute atomic E-state index is 0.0848. The molecule has 2 aromatic carbocycles. The summed E-state index contributed by atoms with van der Waals surface area (Å²) >= 11 is 1.34. The zero-order valence-corrected chi connectivity index (χ0v) is 17.0. The van der Waals surface area contributed by atoms with Crippen molar-refractivity contribution in [2.45, 2.75) is 6.92 Å². The number of hydrogen-bond donors (Lipinski definition) is 2. The highest BCUT2D eigenvalue weighted by Gasteiger charge is 2.16. The van der Waals surface area contributed by atoms with Crippen molar-refractivity contribution in [2.24, 2.45) is 0 Å². The van der Waals surface area contributed by atoms with E-state index < -0.39 is 0 Å². The average molecular weight is 407 g/mol. The van der Waals surface area contributed by atoms with Gasteiger partial charge in [-0.05, 0) is 48.7 Å². The van der Waals surface area contributed by atoms with E-state index in [4.69, 9.17) is 0 Å². The predicted octanol–water partition coefficient (Wildman–Crippen LogP) is 4.02. The molecular weight excluding hydrogens is 386 g/mol. The highest BCUT2D eigenvalue weighted by atomic mass is 32.1. The number of hydrogen-bond acceptors (Lipinski definition) is 4. The monoisotopic (exact) mass is 407 g/mol. The fourth-order valence-electron chi connectivity index (χ4n) is 2.68. The van der Waals surface area contributed by atoms with Gasteiger partial charge < -0.3 is 15.5 Å². The first-order chi connectivity index (χ1) is 13.9. The third-order valence-electron chi connectivity index (χ3n) is 4.18. The van der Waals surface area contributed by atoms with Gasteiger partial charge in [0, 0.05) is 24.0 Å². The molecule has 29 heavy (non-hydrogen) atoms. The van der Waals surface area contributed by atoms with Gasteiger partial charge in [0.2, 0.25) is 5.91 Å². The highest BCUT2D eigenvalue weighted by Crippen LogP contribution is 2.16. The number of benzene rings is 2. The van der Waals surface area contributed by atoms with Crippen LogP contribution in [0.2, 0.25) is 0 Å². The Kier molecular flexibility index (Phi) is 6.41. The van der Waals surface area contributed by atoms with Crippen LogP contribution in [-0.2, 0) is 4.79 Å². The minimum Gasteiger partial charge on any atom is -0.332 e. The van der Waals surface area contributed by atoms with Gasteiger partial charge in [-0.3, -0.25) is 14.4 Å². The third kappa shape index (κ3) is 5.52. The summed E-state index contributed by atoms with van der Waals surface area (Å²) in [7, 11) is 1.56. The van der Waals surface area contributed by atoms with Crippen LogP contribution >= 0.6 is 11.3 Å². The smallest absolute Gasteiger partial charge is 0.265 e. The van der Waals surface area contributed by atoms with Gasteiger partial charge in [0.05, 0.1) is 11.4 Å². The lowest BCUT2D eigenvalue weighted by molar-refractivity contribution is -0.116. The number of rotatable bonds is 6. The van der Waals surface area contributed by atoms with Crippen LogP contribution in [0.1, 0.15) is 25.6 Å². The second-order valence-electron chi connectivity index (χ2n) is 6.59. The molecule has 1 aromatic heterocycles. The summed E-state index contributed by atoms with van der Waals surface area (Å²) in [6, 6.07) is 17.6. The van der Waals surface area contributed by atoms with E-state index in [0.29, 0.717) is 21.8 Å². The lowest BCUT2D eigenvalue weighted by Gasteiger charge is -2.17. The van der Waals surface area contributed by atoms with Crippen LogP contribution in [0.25, 0.3) is 0 Å². The first-order valence-electron chi connectivity index (χ1n) is 8.99. The number of likely N-dealkylation sites (N-methyl/N-ethyl adjacent to an activating group) is 1. The van der Waals surface area contributed by atoms with Crippen molar-refractivity contribution < 1.29 is 14.4 Å². The zero-order chi connectivity index (χ0) is 20.8. The van der Waals surface area contributed by atoms with Crippen LogP contribution in [0.15, 0.2) is 66.0 Å². The Bertz CT molecular complexity index is 1010. The molecule has 0 saturated carbocycles. The van der Waals surface area contributed by atoms with Gasteiger partial charge in [0.1, 0.15) is 0 Å². The molecule has 148 valence electrons. The molecule has 3 aromatic rings. The van der Waals surface area contributed by atoms with E-state index >= 15 is 0 Å². The van der Waals surface area contributed by atoms with Crippen LogP contribution < -0.4 is 10.6 Å². The number of nitrogens with one attached hydrogen (secondary N) is 2. The van der Waals surface area contributed by atoms with Crippen molar-refractivity contribution in [1.82, 2.24) is 4.90 Å². The Labute approximate surface area is 173 Å². The molecule has 0 radical (unpaired) electrons. The molecule has 3 amide bonds. The first kappa shape index (κ1) is 20.3. The molecule has 1 heterocycles. The van der Waals surface area contributed by atoms with Crippen LogP contribution in [0.5, 0.6) is 0 Å². The van der Waals surface area contributed by atoms with Gasteiger partial charge in [-0.2, -0.15) is 0 Å². The first-order valence-corrected chi connectivity index (χ1v) is 9.87. The van der Waals surface area contributed by atoms with E-state index in [2.05, 4.69) is 10.6 Å². The van der Waals surface area contributed by atoms with Gasteiger partial charge in [-0.1, -0.05) is 29.8 Å². The quantitative estimate of drug-likeness (QED) is 0.648. The molecule has 7 heteroatoms. The number of carbonyl (C=O) groups excluding carboxylic acids is 3. The number of amides is 3.